The first-order valence-corrected chi connectivity index (χ1v) is 8.34. The number of carbonyl (C=O) groups excluding carboxylic acids is 1. The van der Waals surface area contributed by atoms with Crippen LogP contribution in [-0.4, -0.2) is 5.78 Å². The summed E-state index contributed by atoms with van der Waals surface area (Å²) in [5, 5.41) is 0.503. The van der Waals surface area contributed by atoms with Crippen LogP contribution in [0, 0.1) is 0 Å². The Kier molecular flexibility index (Phi) is 5.65. The molecule has 0 aliphatic heterocycles. The molecule has 0 aromatic heterocycles. The van der Waals surface area contributed by atoms with Crippen molar-refractivity contribution < 1.29 is 9.53 Å². The lowest BCUT2D eigenvalue weighted by atomic mass is 10.1. The Morgan fingerprint density at radius 1 is 0.920 bits per heavy atom. The average molecular weight is 349 g/mol. The summed E-state index contributed by atoms with van der Waals surface area (Å²) in [6, 6.07) is 24.6. The highest BCUT2D eigenvalue weighted by molar-refractivity contribution is 6.31. The fourth-order valence-corrected chi connectivity index (χ4v) is 2.55. The molecule has 0 aliphatic rings. The van der Waals surface area contributed by atoms with Crippen LogP contribution in [0.1, 0.15) is 21.5 Å². The highest BCUT2D eigenvalue weighted by Crippen LogP contribution is 2.25. The number of carbonyl (C=O) groups is 1. The Labute approximate surface area is 152 Å². The van der Waals surface area contributed by atoms with Crippen molar-refractivity contribution in [3.05, 3.63) is 107 Å². The van der Waals surface area contributed by atoms with E-state index in [0.29, 0.717) is 22.9 Å². The zero-order valence-corrected chi connectivity index (χ0v) is 14.3. The molecule has 0 bridgehead atoms. The first-order chi connectivity index (χ1) is 12.2. The van der Waals surface area contributed by atoms with E-state index in [4.69, 9.17) is 16.3 Å². The molecular weight excluding hydrogens is 332 g/mol. The van der Waals surface area contributed by atoms with Crippen LogP contribution in [0.2, 0.25) is 5.02 Å². The van der Waals surface area contributed by atoms with Gasteiger partial charge in [0.2, 0.25) is 0 Å². The Balaban J connectivity index is 1.78. The normalized spacial score (nSPS) is 10.8. The number of halogens is 1. The van der Waals surface area contributed by atoms with Crippen molar-refractivity contribution in [1.82, 2.24) is 0 Å². The molecule has 0 radical (unpaired) electrons. The third-order valence-electron chi connectivity index (χ3n) is 3.67. The van der Waals surface area contributed by atoms with Crippen molar-refractivity contribution in [3.8, 4) is 5.75 Å². The smallest absolute Gasteiger partial charge is 0.189 e. The second kappa shape index (κ2) is 8.32. The van der Waals surface area contributed by atoms with Crippen LogP contribution in [-0.2, 0) is 6.61 Å². The van der Waals surface area contributed by atoms with E-state index < -0.39 is 0 Å². The molecule has 2 nitrogen and oxygen atoms in total. The van der Waals surface area contributed by atoms with Crippen molar-refractivity contribution in [1.29, 1.82) is 0 Å². The Hall–Kier alpha value is -2.84. The van der Waals surface area contributed by atoms with Gasteiger partial charge in [-0.3, -0.25) is 4.79 Å². The van der Waals surface area contributed by atoms with Gasteiger partial charge < -0.3 is 4.74 Å². The first kappa shape index (κ1) is 17.0. The van der Waals surface area contributed by atoms with E-state index in [1.165, 1.54) is 6.08 Å². The van der Waals surface area contributed by atoms with E-state index in [2.05, 4.69) is 0 Å². The fourth-order valence-electron chi connectivity index (χ4n) is 2.38. The summed E-state index contributed by atoms with van der Waals surface area (Å²) in [7, 11) is 0. The summed E-state index contributed by atoms with van der Waals surface area (Å²) in [6.45, 7) is 0.394. The lowest BCUT2D eigenvalue weighted by molar-refractivity contribution is 0.104. The number of allylic oxidation sites excluding steroid dienone is 1. The van der Waals surface area contributed by atoms with Crippen LogP contribution in [0.5, 0.6) is 5.75 Å². The number of ether oxygens (including phenoxy) is 1. The number of hydrogen-bond acceptors (Lipinski definition) is 2. The quantitative estimate of drug-likeness (QED) is 0.414. The van der Waals surface area contributed by atoms with Crippen molar-refractivity contribution in [2.75, 3.05) is 0 Å². The zero-order valence-electron chi connectivity index (χ0n) is 13.6. The zero-order chi connectivity index (χ0) is 17.5. The molecule has 0 fully saturated rings. The first-order valence-electron chi connectivity index (χ1n) is 7.96. The van der Waals surface area contributed by atoms with Gasteiger partial charge in [-0.25, -0.2) is 0 Å². The second-order valence-corrected chi connectivity index (χ2v) is 5.96. The molecule has 0 unspecified atom stereocenters. The van der Waals surface area contributed by atoms with Gasteiger partial charge in [0.15, 0.2) is 5.78 Å². The maximum Gasteiger partial charge on any atom is 0.189 e. The van der Waals surface area contributed by atoms with Gasteiger partial charge in [-0.05, 0) is 35.4 Å². The molecule has 0 saturated carbocycles. The Bertz CT molecular complexity index is 871. The maximum absolute atomic E-state index is 12.6. The number of hydrogen-bond donors (Lipinski definition) is 0. The Morgan fingerprint density at radius 3 is 2.32 bits per heavy atom. The van der Waals surface area contributed by atoms with Gasteiger partial charge in [0.05, 0.1) is 5.56 Å². The molecule has 25 heavy (non-hydrogen) atoms. The molecule has 3 aromatic carbocycles. The monoisotopic (exact) mass is 348 g/mol. The van der Waals surface area contributed by atoms with Gasteiger partial charge in [0.1, 0.15) is 12.4 Å². The molecule has 0 spiro atoms. The predicted molar refractivity (Wildman–Crippen MR) is 102 cm³/mol. The minimum atomic E-state index is -0.144. The minimum Gasteiger partial charge on any atom is -0.488 e. The SMILES string of the molecule is O=C(C=Cc1ccccc1)c1cc(Cl)ccc1OCc1ccccc1. The highest BCUT2D eigenvalue weighted by Gasteiger charge is 2.11. The molecule has 0 N–H and O–H groups in total. The molecule has 3 aromatic rings. The number of benzene rings is 3. The summed E-state index contributed by atoms with van der Waals surface area (Å²) in [5.74, 6) is 0.380. The molecule has 0 heterocycles. The van der Waals surface area contributed by atoms with Gasteiger partial charge in [0, 0.05) is 5.02 Å². The van der Waals surface area contributed by atoms with Gasteiger partial charge in [-0.2, -0.15) is 0 Å². The van der Waals surface area contributed by atoms with Crippen LogP contribution < -0.4 is 4.74 Å². The van der Waals surface area contributed by atoms with E-state index in [9.17, 15) is 4.79 Å². The second-order valence-electron chi connectivity index (χ2n) is 5.52. The fraction of sp³-hybridized carbons (Fsp3) is 0.0455. The molecule has 3 heteroatoms. The van der Waals surface area contributed by atoms with Gasteiger partial charge >= 0.3 is 0 Å². The molecule has 0 amide bonds. The summed E-state index contributed by atoms with van der Waals surface area (Å²) in [4.78, 5) is 12.6. The van der Waals surface area contributed by atoms with E-state index in [1.54, 1.807) is 24.3 Å². The van der Waals surface area contributed by atoms with Crippen LogP contribution in [0.3, 0.4) is 0 Å². The van der Waals surface area contributed by atoms with E-state index in [-0.39, 0.29) is 5.78 Å². The highest BCUT2D eigenvalue weighted by atomic mass is 35.5. The number of ketones is 1. The van der Waals surface area contributed by atoms with Crippen LogP contribution in [0.4, 0.5) is 0 Å². The Morgan fingerprint density at radius 2 is 1.60 bits per heavy atom. The van der Waals surface area contributed by atoms with Crippen molar-refractivity contribution in [2.24, 2.45) is 0 Å². The van der Waals surface area contributed by atoms with Gasteiger partial charge in [-0.15, -0.1) is 0 Å². The van der Waals surface area contributed by atoms with Gasteiger partial charge in [-0.1, -0.05) is 78.3 Å². The lowest BCUT2D eigenvalue weighted by Gasteiger charge is -2.10. The largest absolute Gasteiger partial charge is 0.488 e. The van der Waals surface area contributed by atoms with Crippen LogP contribution >= 0.6 is 11.6 Å². The summed E-state index contributed by atoms with van der Waals surface area (Å²) in [5.41, 5.74) is 2.45. The topological polar surface area (TPSA) is 26.3 Å². The minimum absolute atomic E-state index is 0.144. The van der Waals surface area contributed by atoms with Crippen molar-refractivity contribution in [3.63, 3.8) is 0 Å². The summed E-state index contributed by atoms with van der Waals surface area (Å²) >= 11 is 6.06. The molecule has 0 atom stereocenters. The third kappa shape index (κ3) is 4.82. The molecule has 0 aliphatic carbocycles. The molecule has 0 saturated heterocycles. The molecule has 124 valence electrons. The standard InChI is InChI=1S/C22H17ClO2/c23-19-12-14-22(25-16-18-9-5-2-6-10-18)20(15-19)21(24)13-11-17-7-3-1-4-8-17/h1-15H,16H2. The summed E-state index contributed by atoms with van der Waals surface area (Å²) in [6.07, 6.45) is 3.32. The van der Waals surface area contributed by atoms with Crippen LogP contribution in [0.25, 0.3) is 6.08 Å². The summed E-state index contributed by atoms with van der Waals surface area (Å²) < 4.78 is 5.84. The number of rotatable bonds is 6. The van der Waals surface area contributed by atoms with E-state index in [0.717, 1.165) is 11.1 Å². The van der Waals surface area contributed by atoms with Crippen LogP contribution in [0.15, 0.2) is 84.9 Å². The van der Waals surface area contributed by atoms with Crippen molar-refractivity contribution >= 4 is 23.5 Å². The van der Waals surface area contributed by atoms with Crippen molar-refractivity contribution in [2.45, 2.75) is 6.61 Å². The van der Waals surface area contributed by atoms with Gasteiger partial charge in [0.25, 0.3) is 0 Å². The average Bonchev–Trinajstić information content (AvgIpc) is 2.66. The van der Waals surface area contributed by atoms with E-state index in [1.807, 2.05) is 60.7 Å². The maximum atomic E-state index is 12.6. The lowest BCUT2D eigenvalue weighted by Crippen LogP contribution is -2.02. The van der Waals surface area contributed by atoms with E-state index >= 15 is 0 Å². The predicted octanol–water partition coefficient (Wildman–Crippen LogP) is 5.82. The third-order valence-corrected chi connectivity index (χ3v) is 3.91. The molecule has 3 rings (SSSR count). The molecular formula is C22H17ClO2.